The maximum absolute atomic E-state index is 13.5. The van der Waals surface area contributed by atoms with Gasteiger partial charge in [0.2, 0.25) is 11.8 Å². The fraction of sp³-hybridized carbons (Fsp3) is 0.303. The number of aliphatic hydroxyl groups is 1. The van der Waals surface area contributed by atoms with Crippen molar-refractivity contribution in [3.63, 3.8) is 0 Å². The molecule has 1 aliphatic heterocycles. The molecule has 0 saturated carbocycles. The van der Waals surface area contributed by atoms with Crippen LogP contribution >= 0.6 is 0 Å². The van der Waals surface area contributed by atoms with E-state index in [-0.39, 0.29) is 25.6 Å². The van der Waals surface area contributed by atoms with Gasteiger partial charge >= 0.3 is 5.97 Å². The molecular weight excluding hydrogens is 504 g/mol. The Morgan fingerprint density at radius 2 is 1.48 bits per heavy atom. The summed E-state index contributed by atoms with van der Waals surface area (Å²) in [4.78, 5) is 40.0. The summed E-state index contributed by atoms with van der Waals surface area (Å²) in [5, 5.41) is 15.7. The second-order valence-electron chi connectivity index (χ2n) is 10.1. The van der Waals surface area contributed by atoms with Crippen LogP contribution in [0, 0.1) is 11.8 Å². The van der Waals surface area contributed by atoms with E-state index in [0.29, 0.717) is 19.3 Å². The molecule has 208 valence electrons. The molecule has 1 heterocycles. The van der Waals surface area contributed by atoms with Crippen LogP contribution in [0.25, 0.3) is 0 Å². The first-order valence-corrected chi connectivity index (χ1v) is 13.7. The second-order valence-corrected chi connectivity index (χ2v) is 10.1. The number of aliphatic hydroxyl groups excluding tert-OH is 1. The Hall–Kier alpha value is -4.23. The number of hydrogen-bond acceptors (Lipinski definition) is 5. The van der Waals surface area contributed by atoms with Gasteiger partial charge < -0.3 is 20.5 Å². The lowest BCUT2D eigenvalue weighted by Crippen LogP contribution is -2.48. The van der Waals surface area contributed by atoms with Crippen molar-refractivity contribution in [3.8, 4) is 0 Å². The van der Waals surface area contributed by atoms with Crippen molar-refractivity contribution in [1.82, 2.24) is 10.6 Å². The number of benzene rings is 3. The maximum Gasteiger partial charge on any atom is 0.309 e. The molecule has 0 radical (unpaired) electrons. The average molecular weight is 541 g/mol. The van der Waals surface area contributed by atoms with E-state index in [2.05, 4.69) is 10.6 Å². The van der Waals surface area contributed by atoms with Crippen LogP contribution < -0.4 is 10.6 Å². The SMILES string of the molecule is O=C1OCC(c2ccccc2)NC(=O)C(C(=O)N[C@@H](CO)Cc2ccccc2)CC=CCC1Cc1ccccc1. The van der Waals surface area contributed by atoms with Crippen molar-refractivity contribution in [2.45, 2.75) is 37.8 Å². The molecule has 4 atom stereocenters. The molecule has 7 heteroatoms. The first kappa shape index (κ1) is 28.8. The standard InChI is InChI=1S/C33H36N2O5/c36-22-28(21-25-14-6-2-7-15-25)34-31(37)29-19-11-10-18-27(20-24-12-4-1-5-13-24)33(39)40-23-30(35-32(29)38)26-16-8-3-9-17-26/h1-17,27-30,36H,18-23H2,(H,34,37)(H,35,38)/t27?,28-,29?,30?/m1/s1. The first-order valence-electron chi connectivity index (χ1n) is 13.7. The van der Waals surface area contributed by atoms with E-state index in [1.54, 1.807) is 6.08 Å². The molecule has 0 aliphatic carbocycles. The topological polar surface area (TPSA) is 105 Å². The molecule has 0 spiro atoms. The number of carbonyl (C=O) groups excluding carboxylic acids is 3. The van der Waals surface area contributed by atoms with Crippen molar-refractivity contribution in [2.24, 2.45) is 11.8 Å². The van der Waals surface area contributed by atoms with Crippen LogP contribution in [0.4, 0.5) is 0 Å². The molecule has 3 N–H and O–H groups in total. The Kier molecular flexibility index (Phi) is 10.6. The van der Waals surface area contributed by atoms with E-state index >= 15 is 0 Å². The number of nitrogens with one attached hydrogen (secondary N) is 2. The molecule has 0 saturated heterocycles. The summed E-state index contributed by atoms with van der Waals surface area (Å²) in [6, 6.07) is 27.4. The molecule has 2 amide bonds. The van der Waals surface area contributed by atoms with E-state index in [1.807, 2.05) is 97.1 Å². The molecular formula is C33H36N2O5. The second kappa shape index (κ2) is 14.8. The van der Waals surface area contributed by atoms with E-state index in [4.69, 9.17) is 4.74 Å². The fourth-order valence-corrected chi connectivity index (χ4v) is 4.81. The van der Waals surface area contributed by atoms with Gasteiger partial charge in [-0.2, -0.15) is 0 Å². The highest BCUT2D eigenvalue weighted by Crippen LogP contribution is 2.21. The van der Waals surface area contributed by atoms with Crippen LogP contribution in [0.1, 0.15) is 35.6 Å². The predicted molar refractivity (Wildman–Crippen MR) is 153 cm³/mol. The van der Waals surface area contributed by atoms with Crippen molar-refractivity contribution in [2.75, 3.05) is 13.2 Å². The van der Waals surface area contributed by atoms with E-state index < -0.39 is 35.7 Å². The zero-order valence-electron chi connectivity index (χ0n) is 22.4. The van der Waals surface area contributed by atoms with Crippen molar-refractivity contribution in [3.05, 3.63) is 120 Å². The van der Waals surface area contributed by atoms with Gasteiger partial charge in [-0.1, -0.05) is 103 Å². The number of esters is 1. The molecule has 0 bridgehead atoms. The van der Waals surface area contributed by atoms with Gasteiger partial charge in [-0.05, 0) is 42.4 Å². The third-order valence-electron chi connectivity index (χ3n) is 7.05. The lowest BCUT2D eigenvalue weighted by Gasteiger charge is -2.25. The predicted octanol–water partition coefficient (Wildman–Crippen LogP) is 3.93. The lowest BCUT2D eigenvalue weighted by atomic mass is 9.94. The molecule has 0 fully saturated rings. The Morgan fingerprint density at radius 1 is 0.875 bits per heavy atom. The highest BCUT2D eigenvalue weighted by Gasteiger charge is 2.31. The Labute approximate surface area is 235 Å². The van der Waals surface area contributed by atoms with Gasteiger partial charge in [0.25, 0.3) is 0 Å². The number of amides is 2. The number of rotatable bonds is 8. The van der Waals surface area contributed by atoms with Crippen molar-refractivity contribution in [1.29, 1.82) is 0 Å². The van der Waals surface area contributed by atoms with E-state index in [9.17, 15) is 19.5 Å². The fourth-order valence-electron chi connectivity index (χ4n) is 4.81. The van der Waals surface area contributed by atoms with E-state index in [0.717, 1.165) is 16.7 Å². The summed E-state index contributed by atoms with van der Waals surface area (Å²) >= 11 is 0. The Morgan fingerprint density at radius 3 is 2.12 bits per heavy atom. The minimum atomic E-state index is -1.02. The molecule has 40 heavy (non-hydrogen) atoms. The largest absolute Gasteiger partial charge is 0.463 e. The van der Waals surface area contributed by atoms with Gasteiger partial charge in [0, 0.05) is 0 Å². The molecule has 4 rings (SSSR count). The van der Waals surface area contributed by atoms with Gasteiger partial charge in [0.05, 0.1) is 24.6 Å². The summed E-state index contributed by atoms with van der Waals surface area (Å²) in [5.74, 6) is -2.67. The van der Waals surface area contributed by atoms with Crippen molar-refractivity contribution >= 4 is 17.8 Å². The summed E-state index contributed by atoms with van der Waals surface area (Å²) in [5.41, 5.74) is 2.77. The smallest absolute Gasteiger partial charge is 0.309 e. The van der Waals surface area contributed by atoms with E-state index in [1.165, 1.54) is 0 Å². The summed E-state index contributed by atoms with van der Waals surface area (Å²) in [6.45, 7) is -0.306. The van der Waals surface area contributed by atoms with Gasteiger partial charge in [-0.25, -0.2) is 0 Å². The Bertz CT molecular complexity index is 1260. The van der Waals surface area contributed by atoms with Crippen LogP contribution in [0.2, 0.25) is 0 Å². The van der Waals surface area contributed by atoms with Crippen LogP contribution in [0.3, 0.4) is 0 Å². The lowest BCUT2D eigenvalue weighted by molar-refractivity contribution is -0.150. The number of cyclic esters (lactones) is 1. The van der Waals surface area contributed by atoms with Crippen LogP contribution in [-0.2, 0) is 32.0 Å². The number of allylic oxidation sites excluding steroid dienone is 2. The third-order valence-corrected chi connectivity index (χ3v) is 7.05. The molecule has 1 aliphatic rings. The molecule has 3 aromatic rings. The van der Waals surface area contributed by atoms with Crippen LogP contribution in [-0.4, -0.2) is 42.1 Å². The van der Waals surface area contributed by atoms with Crippen molar-refractivity contribution < 1.29 is 24.2 Å². The van der Waals surface area contributed by atoms with Gasteiger partial charge in [-0.3, -0.25) is 14.4 Å². The summed E-state index contributed by atoms with van der Waals surface area (Å²) in [6.07, 6.45) is 5.17. The number of ether oxygens (including phenoxy) is 1. The molecule has 3 aromatic carbocycles. The minimum absolute atomic E-state index is 0.0504. The van der Waals surface area contributed by atoms with Gasteiger partial charge in [-0.15, -0.1) is 0 Å². The normalized spacial score (nSPS) is 20.8. The molecule has 3 unspecified atom stereocenters. The molecule has 7 nitrogen and oxygen atoms in total. The average Bonchev–Trinajstić information content (AvgIpc) is 2.98. The van der Waals surface area contributed by atoms with Gasteiger partial charge in [0.15, 0.2) is 0 Å². The zero-order valence-corrected chi connectivity index (χ0v) is 22.4. The highest BCUT2D eigenvalue weighted by atomic mass is 16.5. The first-order chi connectivity index (χ1) is 19.5. The highest BCUT2D eigenvalue weighted by molar-refractivity contribution is 6.00. The third kappa shape index (κ3) is 8.38. The summed E-state index contributed by atoms with van der Waals surface area (Å²) < 4.78 is 5.74. The quantitative estimate of drug-likeness (QED) is 0.228. The monoisotopic (exact) mass is 540 g/mol. The number of carbonyl (C=O) groups is 3. The van der Waals surface area contributed by atoms with Crippen LogP contribution in [0.15, 0.2) is 103 Å². The van der Waals surface area contributed by atoms with Crippen LogP contribution in [0.5, 0.6) is 0 Å². The van der Waals surface area contributed by atoms with Gasteiger partial charge in [0.1, 0.15) is 12.5 Å². The molecule has 0 aromatic heterocycles. The Balaban J connectivity index is 1.54. The number of hydrogen-bond donors (Lipinski definition) is 3. The summed E-state index contributed by atoms with van der Waals surface area (Å²) in [7, 11) is 0. The maximum atomic E-state index is 13.5. The minimum Gasteiger partial charge on any atom is -0.463 e. The zero-order chi connectivity index (χ0) is 28.2.